The van der Waals surface area contributed by atoms with Gasteiger partial charge in [-0.25, -0.2) is 4.79 Å². The molecule has 9 atom stereocenters. The van der Waals surface area contributed by atoms with Crippen LogP contribution >= 0.6 is 11.8 Å². The number of hydrogen-bond acceptors (Lipinski definition) is 9. The van der Waals surface area contributed by atoms with Crippen LogP contribution in [-0.2, 0) is 28.5 Å². The van der Waals surface area contributed by atoms with Crippen molar-refractivity contribution in [2.75, 3.05) is 32.2 Å². The molecule has 3 aliphatic heterocycles. The molecule has 4 N–H and O–H groups in total. The number of ether oxygens (including phenoxy) is 4. The molecule has 43 heavy (non-hydrogen) atoms. The van der Waals surface area contributed by atoms with E-state index in [1.165, 1.54) is 11.0 Å². The third-order valence-electron chi connectivity index (χ3n) is 8.23. The van der Waals surface area contributed by atoms with Gasteiger partial charge in [-0.15, -0.1) is 0 Å². The number of epoxide rings is 1. The third-order valence-corrected chi connectivity index (χ3v) is 8.82. The molecular formula is C31H49N3O8S. The van der Waals surface area contributed by atoms with Crippen molar-refractivity contribution < 1.29 is 38.4 Å². The van der Waals surface area contributed by atoms with E-state index < -0.39 is 35.9 Å². The summed E-state index contributed by atoms with van der Waals surface area (Å²) in [4.78, 5) is 37.6. The SMILES string of the molecule is CSCCN(C)C(=O)O[C@@H](C)C=CC(=O)N[C@@H]1C[C@H](C)[C@H](CC=C(C)C=C[C@H]2O[C@H](CC(N)=O)C[C@@]3(CO3)[C@@H]2O)O[C@@H]1C. The molecule has 3 aliphatic rings. The summed E-state index contributed by atoms with van der Waals surface area (Å²) in [7, 11) is 1.69. The summed E-state index contributed by atoms with van der Waals surface area (Å²) in [6.45, 7) is 8.81. The van der Waals surface area contributed by atoms with Gasteiger partial charge >= 0.3 is 6.09 Å². The summed E-state index contributed by atoms with van der Waals surface area (Å²) in [5.41, 5.74) is 5.70. The normalized spacial score (nSPS) is 33.5. The van der Waals surface area contributed by atoms with Gasteiger partial charge in [0.05, 0.1) is 37.4 Å². The van der Waals surface area contributed by atoms with Crippen LogP contribution in [0.3, 0.4) is 0 Å². The van der Waals surface area contributed by atoms with Crippen molar-refractivity contribution in [2.24, 2.45) is 11.7 Å². The first-order valence-electron chi connectivity index (χ1n) is 15.0. The quantitative estimate of drug-likeness (QED) is 0.160. The van der Waals surface area contributed by atoms with Crippen molar-refractivity contribution in [3.8, 4) is 0 Å². The van der Waals surface area contributed by atoms with Gasteiger partial charge in [0, 0.05) is 31.8 Å². The molecule has 0 aromatic carbocycles. The fourth-order valence-electron chi connectivity index (χ4n) is 5.42. The average molecular weight is 624 g/mol. The summed E-state index contributed by atoms with van der Waals surface area (Å²) in [6, 6.07) is -0.140. The highest BCUT2D eigenvalue weighted by Crippen LogP contribution is 2.43. The van der Waals surface area contributed by atoms with Crippen LogP contribution in [0.1, 0.15) is 53.4 Å². The van der Waals surface area contributed by atoms with E-state index in [-0.39, 0.29) is 42.6 Å². The van der Waals surface area contributed by atoms with Crippen LogP contribution in [0.15, 0.2) is 36.0 Å². The molecule has 3 fully saturated rings. The Balaban J connectivity index is 1.45. The number of aliphatic hydroxyl groups is 1. The van der Waals surface area contributed by atoms with Crippen LogP contribution in [0, 0.1) is 5.92 Å². The molecule has 0 aromatic rings. The Bertz CT molecular complexity index is 1060. The largest absolute Gasteiger partial charge is 0.442 e. The van der Waals surface area contributed by atoms with E-state index in [9.17, 15) is 19.5 Å². The number of carbonyl (C=O) groups excluding carboxylic acids is 3. The maximum atomic E-state index is 12.6. The van der Waals surface area contributed by atoms with E-state index in [4.69, 9.17) is 24.7 Å². The van der Waals surface area contributed by atoms with Gasteiger partial charge in [-0.2, -0.15) is 11.8 Å². The highest BCUT2D eigenvalue weighted by Gasteiger charge is 2.58. The molecule has 1 spiro atoms. The van der Waals surface area contributed by atoms with Crippen LogP contribution in [0.25, 0.3) is 0 Å². The molecule has 12 heteroatoms. The van der Waals surface area contributed by atoms with E-state index in [0.717, 1.165) is 17.7 Å². The van der Waals surface area contributed by atoms with Crippen LogP contribution in [0.5, 0.6) is 0 Å². The average Bonchev–Trinajstić information content (AvgIpc) is 3.72. The highest BCUT2D eigenvalue weighted by atomic mass is 32.2. The van der Waals surface area contributed by atoms with E-state index in [0.29, 0.717) is 26.0 Å². The second-order valence-electron chi connectivity index (χ2n) is 12.0. The van der Waals surface area contributed by atoms with Crippen LogP contribution in [0.2, 0.25) is 0 Å². The van der Waals surface area contributed by atoms with Crippen molar-refractivity contribution >= 4 is 29.7 Å². The Morgan fingerprint density at radius 3 is 2.63 bits per heavy atom. The Morgan fingerprint density at radius 2 is 1.98 bits per heavy atom. The lowest BCUT2D eigenvalue weighted by molar-refractivity contribution is -0.143. The van der Waals surface area contributed by atoms with Gasteiger partial charge < -0.3 is 40.0 Å². The third kappa shape index (κ3) is 10.6. The van der Waals surface area contributed by atoms with Crippen molar-refractivity contribution in [3.05, 3.63) is 36.0 Å². The Kier molecular flexibility index (Phi) is 13.1. The van der Waals surface area contributed by atoms with Gasteiger partial charge in [-0.3, -0.25) is 9.59 Å². The monoisotopic (exact) mass is 623 g/mol. The number of nitrogens with zero attached hydrogens (tertiary/aromatic N) is 1. The summed E-state index contributed by atoms with van der Waals surface area (Å²) in [5.74, 6) is 0.336. The predicted molar refractivity (Wildman–Crippen MR) is 165 cm³/mol. The number of nitrogens with two attached hydrogens (primary N) is 1. The summed E-state index contributed by atoms with van der Waals surface area (Å²) < 4.78 is 23.1. The fraction of sp³-hybridized carbons (Fsp3) is 0.710. The lowest BCUT2D eigenvalue weighted by atomic mass is 9.87. The molecule has 0 unspecified atom stereocenters. The number of allylic oxidation sites excluding steroid dienone is 2. The number of thioether (sulfide) groups is 1. The Morgan fingerprint density at radius 1 is 1.26 bits per heavy atom. The number of hydrogen-bond donors (Lipinski definition) is 3. The first-order valence-corrected chi connectivity index (χ1v) is 16.4. The number of carbonyl (C=O) groups is 3. The lowest BCUT2D eigenvalue weighted by Crippen LogP contribution is -2.50. The zero-order valence-corrected chi connectivity index (χ0v) is 27.0. The molecule has 0 aliphatic carbocycles. The van der Waals surface area contributed by atoms with Gasteiger partial charge in [0.1, 0.15) is 23.9 Å². The second kappa shape index (κ2) is 16.1. The molecule has 3 saturated heterocycles. The topological polar surface area (TPSA) is 153 Å². The highest BCUT2D eigenvalue weighted by molar-refractivity contribution is 7.98. The van der Waals surface area contributed by atoms with Crippen molar-refractivity contribution in [1.82, 2.24) is 10.2 Å². The zero-order valence-electron chi connectivity index (χ0n) is 26.2. The van der Waals surface area contributed by atoms with Gasteiger partial charge in [0.25, 0.3) is 0 Å². The van der Waals surface area contributed by atoms with E-state index >= 15 is 0 Å². The zero-order chi connectivity index (χ0) is 31.7. The minimum absolute atomic E-state index is 0.0100. The smallest absolute Gasteiger partial charge is 0.410 e. The Hall–Kier alpha value is -2.38. The molecule has 3 rings (SSSR count). The van der Waals surface area contributed by atoms with E-state index in [2.05, 4.69) is 18.3 Å². The molecule has 11 nitrogen and oxygen atoms in total. The van der Waals surface area contributed by atoms with Gasteiger partial charge in [0.2, 0.25) is 11.8 Å². The predicted octanol–water partition coefficient (Wildman–Crippen LogP) is 2.72. The molecule has 242 valence electrons. The molecule has 0 saturated carbocycles. The van der Waals surface area contributed by atoms with E-state index in [1.807, 2.05) is 32.3 Å². The maximum Gasteiger partial charge on any atom is 0.410 e. The molecular weight excluding hydrogens is 574 g/mol. The minimum Gasteiger partial charge on any atom is -0.442 e. The summed E-state index contributed by atoms with van der Waals surface area (Å²) in [6.07, 6.45) is 9.86. The summed E-state index contributed by atoms with van der Waals surface area (Å²) in [5, 5.41) is 13.8. The van der Waals surface area contributed by atoms with Gasteiger partial charge in [-0.1, -0.05) is 30.7 Å². The van der Waals surface area contributed by atoms with Crippen LogP contribution in [0.4, 0.5) is 4.79 Å². The van der Waals surface area contributed by atoms with Gasteiger partial charge in [-0.05, 0) is 51.9 Å². The number of nitrogens with one attached hydrogen (secondary N) is 1. The standard InChI is InChI=1S/C31H49N3O8S/c1-19(8-11-26-29(37)31(18-39-31)17-23(42-26)16-27(32)35)7-10-25-20(2)15-24(22(4)41-25)33-28(36)12-9-21(3)40-30(38)34(5)13-14-43-6/h7-9,11-12,20-26,29,37H,10,13-18H2,1-6H3,(H2,32,35)(H,33,36)/t20-,21-,22+,23+,24+,25-,26+,29+,31+/m0/s1. The summed E-state index contributed by atoms with van der Waals surface area (Å²) >= 11 is 1.65. The van der Waals surface area contributed by atoms with Gasteiger partial charge in [0.15, 0.2) is 0 Å². The van der Waals surface area contributed by atoms with Crippen molar-refractivity contribution in [3.63, 3.8) is 0 Å². The van der Waals surface area contributed by atoms with Crippen molar-refractivity contribution in [2.45, 2.75) is 102 Å². The first-order chi connectivity index (χ1) is 20.3. The number of rotatable bonds is 13. The number of amides is 3. The second-order valence-corrected chi connectivity index (χ2v) is 13.0. The maximum absolute atomic E-state index is 12.6. The molecule has 0 aromatic heterocycles. The van der Waals surface area contributed by atoms with Crippen molar-refractivity contribution in [1.29, 1.82) is 0 Å². The van der Waals surface area contributed by atoms with Crippen LogP contribution in [-0.4, -0.2) is 108 Å². The fourth-order valence-corrected chi connectivity index (χ4v) is 5.87. The lowest BCUT2D eigenvalue weighted by Gasteiger charge is -2.39. The molecule has 3 heterocycles. The molecule has 0 bridgehead atoms. The van der Waals surface area contributed by atoms with Crippen LogP contribution < -0.4 is 11.1 Å². The number of aliphatic hydroxyl groups excluding tert-OH is 1. The minimum atomic E-state index is -0.806. The first kappa shape index (κ1) is 35.1. The van der Waals surface area contributed by atoms with E-state index in [1.54, 1.807) is 31.8 Å². The molecule has 0 radical (unpaired) electrons. The molecule has 3 amide bonds. The Labute approximate surface area is 259 Å². The number of primary amides is 1.